The molecule has 1 atom stereocenters. The van der Waals surface area contributed by atoms with Gasteiger partial charge in [0, 0.05) is 36.5 Å². The van der Waals surface area contributed by atoms with E-state index in [9.17, 15) is 4.79 Å². The quantitative estimate of drug-likeness (QED) is 0.556. The minimum atomic E-state index is 0.145. The molecule has 2 fully saturated rings. The third-order valence-electron chi connectivity index (χ3n) is 7.25. The van der Waals surface area contributed by atoms with Crippen LogP contribution in [0, 0.1) is 13.8 Å². The van der Waals surface area contributed by atoms with E-state index in [4.69, 9.17) is 10.1 Å². The van der Waals surface area contributed by atoms with E-state index in [1.54, 1.807) is 0 Å². The van der Waals surface area contributed by atoms with Crippen molar-refractivity contribution in [1.29, 1.82) is 0 Å². The van der Waals surface area contributed by atoms with E-state index < -0.39 is 0 Å². The predicted octanol–water partition coefficient (Wildman–Crippen LogP) is 4.46. The van der Waals surface area contributed by atoms with Gasteiger partial charge in [0.1, 0.15) is 0 Å². The monoisotopic (exact) mass is 445 g/mol. The SMILES string of the molecule is CCc1ccc(CN2CCC[C@@H]2c2cc3nc(C)c(CCC(=O)NC4CC4)c(C)n3n2)cc1. The fraction of sp³-hybridized carbons (Fsp3) is 0.519. The van der Waals surface area contributed by atoms with Gasteiger partial charge in [0.25, 0.3) is 0 Å². The standard InChI is InChI=1S/C27H35N5O/c1-4-20-7-9-21(10-8-20)17-31-15-5-6-25(31)24-16-26-28-18(2)23(19(3)32(26)30-24)13-14-27(33)29-22-11-12-22/h7-10,16,22,25H,4-6,11-15,17H2,1-3H3,(H,29,33)/t25-/m1/s1. The van der Waals surface area contributed by atoms with Crippen molar-refractivity contribution in [2.75, 3.05) is 6.54 Å². The zero-order valence-corrected chi connectivity index (χ0v) is 20.1. The fourth-order valence-electron chi connectivity index (χ4n) is 5.10. The second kappa shape index (κ2) is 9.26. The molecular formula is C27H35N5O. The average molecular weight is 446 g/mol. The molecule has 174 valence electrons. The number of hydrogen-bond acceptors (Lipinski definition) is 4. The van der Waals surface area contributed by atoms with Crippen molar-refractivity contribution in [3.63, 3.8) is 0 Å². The van der Waals surface area contributed by atoms with E-state index in [2.05, 4.69) is 61.3 Å². The summed E-state index contributed by atoms with van der Waals surface area (Å²) in [6, 6.07) is 11.9. The van der Waals surface area contributed by atoms with Gasteiger partial charge in [-0.1, -0.05) is 31.2 Å². The second-order valence-corrected chi connectivity index (χ2v) is 9.74. The molecule has 0 unspecified atom stereocenters. The molecule has 6 nitrogen and oxygen atoms in total. The summed E-state index contributed by atoms with van der Waals surface area (Å²) in [5, 5.41) is 8.10. The first-order chi connectivity index (χ1) is 16.0. The Morgan fingerprint density at radius 1 is 1.12 bits per heavy atom. The van der Waals surface area contributed by atoms with E-state index in [-0.39, 0.29) is 5.91 Å². The van der Waals surface area contributed by atoms with Crippen LogP contribution in [0.25, 0.3) is 5.65 Å². The Hall–Kier alpha value is -2.73. The highest BCUT2D eigenvalue weighted by atomic mass is 16.1. The highest BCUT2D eigenvalue weighted by Gasteiger charge is 2.29. The van der Waals surface area contributed by atoms with Crippen LogP contribution < -0.4 is 5.32 Å². The molecule has 0 spiro atoms. The summed E-state index contributed by atoms with van der Waals surface area (Å²) in [5.74, 6) is 0.145. The van der Waals surface area contributed by atoms with E-state index in [0.29, 0.717) is 24.9 Å². The molecule has 6 heteroatoms. The lowest BCUT2D eigenvalue weighted by Gasteiger charge is -2.23. The molecule has 1 aliphatic heterocycles. The molecule has 1 aromatic carbocycles. The van der Waals surface area contributed by atoms with Crippen LogP contribution in [-0.2, 0) is 24.2 Å². The number of rotatable bonds is 8. The highest BCUT2D eigenvalue weighted by molar-refractivity contribution is 5.76. The lowest BCUT2D eigenvalue weighted by atomic mass is 10.1. The molecule has 1 saturated heterocycles. The van der Waals surface area contributed by atoms with Crippen LogP contribution in [0.3, 0.4) is 0 Å². The molecule has 2 aliphatic rings. The normalized spacial score (nSPS) is 18.8. The summed E-state index contributed by atoms with van der Waals surface area (Å²) < 4.78 is 1.99. The summed E-state index contributed by atoms with van der Waals surface area (Å²) in [5.41, 5.74) is 8.01. The number of amides is 1. The number of nitrogens with one attached hydrogen (secondary N) is 1. The van der Waals surface area contributed by atoms with Crippen LogP contribution in [-0.4, -0.2) is 38.0 Å². The van der Waals surface area contributed by atoms with Crippen molar-refractivity contribution in [2.24, 2.45) is 0 Å². The van der Waals surface area contributed by atoms with Crippen molar-refractivity contribution in [1.82, 2.24) is 24.8 Å². The van der Waals surface area contributed by atoms with Gasteiger partial charge in [-0.3, -0.25) is 9.69 Å². The van der Waals surface area contributed by atoms with Gasteiger partial charge in [-0.05, 0) is 75.6 Å². The molecule has 3 aromatic rings. The molecule has 1 amide bonds. The summed E-state index contributed by atoms with van der Waals surface area (Å²) >= 11 is 0. The Morgan fingerprint density at radius 3 is 2.61 bits per heavy atom. The van der Waals surface area contributed by atoms with Crippen molar-refractivity contribution in [3.05, 3.63) is 64.1 Å². The number of nitrogens with zero attached hydrogens (tertiary/aromatic N) is 4. The van der Waals surface area contributed by atoms with Gasteiger partial charge >= 0.3 is 0 Å². The van der Waals surface area contributed by atoms with Gasteiger partial charge in [0.2, 0.25) is 5.91 Å². The Morgan fingerprint density at radius 2 is 1.88 bits per heavy atom. The number of carbonyl (C=O) groups excluding carboxylic acids is 1. The number of carbonyl (C=O) groups is 1. The van der Waals surface area contributed by atoms with Crippen LogP contribution in [0.1, 0.15) is 78.8 Å². The Labute approximate surface area is 196 Å². The molecular weight excluding hydrogens is 410 g/mol. The molecule has 1 N–H and O–H groups in total. The lowest BCUT2D eigenvalue weighted by molar-refractivity contribution is -0.121. The van der Waals surface area contributed by atoms with E-state index in [1.807, 2.05) is 4.52 Å². The van der Waals surface area contributed by atoms with Crippen molar-refractivity contribution in [2.45, 2.75) is 84.3 Å². The van der Waals surface area contributed by atoms with Crippen LogP contribution in [0.4, 0.5) is 0 Å². The van der Waals surface area contributed by atoms with Gasteiger partial charge in [0.15, 0.2) is 5.65 Å². The summed E-state index contributed by atoms with van der Waals surface area (Å²) in [6.07, 6.45) is 6.85. The first kappa shape index (κ1) is 22.1. The fourth-order valence-corrected chi connectivity index (χ4v) is 5.10. The van der Waals surface area contributed by atoms with Gasteiger partial charge in [-0.2, -0.15) is 5.10 Å². The topological polar surface area (TPSA) is 62.5 Å². The molecule has 33 heavy (non-hydrogen) atoms. The third-order valence-corrected chi connectivity index (χ3v) is 7.25. The van der Waals surface area contributed by atoms with Crippen LogP contribution in [0.5, 0.6) is 0 Å². The van der Waals surface area contributed by atoms with Crippen LogP contribution >= 0.6 is 0 Å². The van der Waals surface area contributed by atoms with E-state index in [0.717, 1.165) is 67.1 Å². The first-order valence-corrected chi connectivity index (χ1v) is 12.5. The lowest BCUT2D eigenvalue weighted by Crippen LogP contribution is -2.25. The van der Waals surface area contributed by atoms with E-state index in [1.165, 1.54) is 17.5 Å². The predicted molar refractivity (Wildman–Crippen MR) is 130 cm³/mol. The average Bonchev–Trinajstić information content (AvgIpc) is 3.32. The van der Waals surface area contributed by atoms with Crippen LogP contribution in [0.15, 0.2) is 30.3 Å². The molecule has 1 saturated carbocycles. The van der Waals surface area contributed by atoms with Gasteiger partial charge in [-0.25, -0.2) is 9.50 Å². The number of benzene rings is 1. The second-order valence-electron chi connectivity index (χ2n) is 9.74. The number of likely N-dealkylation sites (tertiary alicyclic amines) is 1. The largest absolute Gasteiger partial charge is 0.353 e. The zero-order chi connectivity index (χ0) is 22.9. The Balaban J connectivity index is 1.34. The first-order valence-electron chi connectivity index (χ1n) is 12.5. The Kier molecular flexibility index (Phi) is 6.19. The van der Waals surface area contributed by atoms with Crippen molar-refractivity contribution in [3.8, 4) is 0 Å². The van der Waals surface area contributed by atoms with Gasteiger partial charge in [-0.15, -0.1) is 0 Å². The summed E-state index contributed by atoms with van der Waals surface area (Å²) in [4.78, 5) is 19.6. The van der Waals surface area contributed by atoms with Crippen LogP contribution in [0.2, 0.25) is 0 Å². The maximum atomic E-state index is 12.2. The highest BCUT2D eigenvalue weighted by Crippen LogP contribution is 2.33. The summed E-state index contributed by atoms with van der Waals surface area (Å²) in [7, 11) is 0. The molecule has 1 aliphatic carbocycles. The summed E-state index contributed by atoms with van der Waals surface area (Å²) in [6.45, 7) is 8.40. The minimum absolute atomic E-state index is 0.145. The van der Waals surface area contributed by atoms with Crippen molar-refractivity contribution >= 4 is 11.6 Å². The Bertz CT molecular complexity index is 1150. The smallest absolute Gasteiger partial charge is 0.220 e. The minimum Gasteiger partial charge on any atom is -0.353 e. The maximum absolute atomic E-state index is 12.2. The number of fused-ring (bicyclic) bond motifs is 1. The molecule has 0 radical (unpaired) electrons. The molecule has 3 heterocycles. The molecule has 5 rings (SSSR count). The number of hydrogen-bond donors (Lipinski definition) is 1. The number of aromatic nitrogens is 3. The van der Waals surface area contributed by atoms with Gasteiger partial charge < -0.3 is 5.32 Å². The zero-order valence-electron chi connectivity index (χ0n) is 20.1. The third kappa shape index (κ3) is 4.81. The van der Waals surface area contributed by atoms with Crippen molar-refractivity contribution < 1.29 is 4.79 Å². The number of aryl methyl sites for hydroxylation is 3. The molecule has 0 bridgehead atoms. The van der Waals surface area contributed by atoms with Gasteiger partial charge in [0.05, 0.1) is 11.7 Å². The maximum Gasteiger partial charge on any atom is 0.220 e. The molecule has 2 aromatic heterocycles. The van der Waals surface area contributed by atoms with E-state index >= 15 is 0 Å².